The highest BCUT2D eigenvalue weighted by molar-refractivity contribution is 5.78. The van der Waals surface area contributed by atoms with Gasteiger partial charge >= 0.3 is 5.97 Å². The van der Waals surface area contributed by atoms with E-state index in [0.29, 0.717) is 25.7 Å². The standard InChI is InChI=1S/C20H27NO6/c1-26-21-10-12-8-13(23)9-16-18(12)20(6-3-2-4-17(20)27-16)15(11-21)14(5-7-22)19(24)25/h7,11-14,17,23H,2-6,8-10H2,1H3,(H,24,25)/t12-,13-,14?,17+,20?/m1/s1. The van der Waals surface area contributed by atoms with Crippen LogP contribution in [-0.2, 0) is 19.2 Å². The first-order valence-electron chi connectivity index (χ1n) is 9.78. The smallest absolute Gasteiger partial charge is 0.311 e. The molecule has 4 rings (SSSR count). The van der Waals surface area contributed by atoms with Gasteiger partial charge in [-0.05, 0) is 36.8 Å². The summed E-state index contributed by atoms with van der Waals surface area (Å²) in [6.07, 6.45) is 6.62. The van der Waals surface area contributed by atoms with Crippen LogP contribution in [0.25, 0.3) is 0 Å². The highest BCUT2D eigenvalue weighted by Gasteiger charge is 2.60. The Morgan fingerprint density at radius 3 is 3.04 bits per heavy atom. The predicted octanol–water partition coefficient (Wildman–Crippen LogP) is 2.02. The Morgan fingerprint density at radius 1 is 1.52 bits per heavy atom. The Kier molecular flexibility index (Phi) is 4.76. The van der Waals surface area contributed by atoms with Crippen molar-refractivity contribution < 1.29 is 29.4 Å². The summed E-state index contributed by atoms with van der Waals surface area (Å²) in [4.78, 5) is 28.9. The van der Waals surface area contributed by atoms with E-state index >= 15 is 0 Å². The van der Waals surface area contributed by atoms with Crippen molar-refractivity contribution in [1.82, 2.24) is 5.06 Å². The number of hydrogen-bond donors (Lipinski definition) is 2. The largest absolute Gasteiger partial charge is 0.493 e. The fourth-order valence-electron chi connectivity index (χ4n) is 5.76. The van der Waals surface area contributed by atoms with E-state index in [1.54, 1.807) is 18.4 Å². The Labute approximate surface area is 158 Å². The molecule has 0 aromatic carbocycles. The molecule has 1 spiro atoms. The summed E-state index contributed by atoms with van der Waals surface area (Å²) in [5.41, 5.74) is 1.37. The number of ether oxygens (including phenoxy) is 1. The van der Waals surface area contributed by atoms with Crippen molar-refractivity contribution in [1.29, 1.82) is 0 Å². The van der Waals surface area contributed by atoms with E-state index in [4.69, 9.17) is 9.57 Å². The lowest BCUT2D eigenvalue weighted by atomic mass is 9.57. The number of carbonyl (C=O) groups is 2. The lowest BCUT2D eigenvalue weighted by Crippen LogP contribution is -2.44. The van der Waals surface area contributed by atoms with Gasteiger partial charge in [-0.2, -0.15) is 0 Å². The van der Waals surface area contributed by atoms with Crippen molar-refractivity contribution in [3.05, 3.63) is 23.1 Å². The first kappa shape index (κ1) is 18.5. The molecule has 0 amide bonds. The van der Waals surface area contributed by atoms with Crippen LogP contribution in [0.15, 0.2) is 23.1 Å². The van der Waals surface area contributed by atoms with Crippen molar-refractivity contribution in [2.75, 3.05) is 13.7 Å². The molecule has 1 fully saturated rings. The van der Waals surface area contributed by atoms with E-state index < -0.39 is 23.4 Å². The maximum atomic E-state index is 12.1. The van der Waals surface area contributed by atoms with E-state index in [-0.39, 0.29) is 18.4 Å². The number of aliphatic carboxylic acids is 1. The monoisotopic (exact) mass is 377 g/mol. The van der Waals surface area contributed by atoms with Crippen molar-refractivity contribution in [3.8, 4) is 0 Å². The van der Waals surface area contributed by atoms with Crippen LogP contribution in [0.1, 0.15) is 44.9 Å². The van der Waals surface area contributed by atoms with E-state index in [0.717, 1.165) is 42.6 Å². The van der Waals surface area contributed by atoms with Crippen LogP contribution in [0, 0.1) is 17.3 Å². The highest BCUT2D eigenvalue weighted by atomic mass is 16.7. The zero-order valence-electron chi connectivity index (χ0n) is 15.6. The fraction of sp³-hybridized carbons (Fsp3) is 0.700. The van der Waals surface area contributed by atoms with Gasteiger partial charge in [0, 0.05) is 25.0 Å². The molecule has 4 aliphatic rings. The second kappa shape index (κ2) is 6.95. The third kappa shape index (κ3) is 2.79. The minimum Gasteiger partial charge on any atom is -0.493 e. The van der Waals surface area contributed by atoms with Gasteiger partial charge < -0.3 is 19.7 Å². The molecular formula is C20H27NO6. The van der Waals surface area contributed by atoms with E-state index in [1.807, 2.05) is 0 Å². The molecule has 27 heavy (non-hydrogen) atoms. The Balaban J connectivity index is 1.91. The number of aldehydes is 1. The maximum Gasteiger partial charge on any atom is 0.311 e. The summed E-state index contributed by atoms with van der Waals surface area (Å²) in [5.74, 6) is -1.01. The number of hydroxylamine groups is 2. The van der Waals surface area contributed by atoms with Gasteiger partial charge in [0.15, 0.2) is 0 Å². The van der Waals surface area contributed by atoms with E-state index in [2.05, 4.69) is 0 Å². The normalized spacial score (nSPS) is 36.1. The first-order chi connectivity index (χ1) is 13.0. The summed E-state index contributed by atoms with van der Waals surface area (Å²) in [5, 5.41) is 21.9. The molecule has 0 bridgehead atoms. The second-order valence-corrected chi connectivity index (χ2v) is 8.11. The molecule has 0 saturated heterocycles. The van der Waals surface area contributed by atoms with Crippen LogP contribution in [-0.4, -0.2) is 53.4 Å². The lowest BCUT2D eigenvalue weighted by molar-refractivity contribution is -0.142. The van der Waals surface area contributed by atoms with Crippen LogP contribution >= 0.6 is 0 Å². The molecule has 2 aliphatic carbocycles. The number of nitrogens with zero attached hydrogens (tertiary/aromatic N) is 1. The summed E-state index contributed by atoms with van der Waals surface area (Å²) in [6.45, 7) is 0.543. The van der Waals surface area contributed by atoms with Crippen molar-refractivity contribution in [2.45, 2.75) is 57.2 Å². The highest BCUT2D eigenvalue weighted by Crippen LogP contribution is 2.62. The second-order valence-electron chi connectivity index (χ2n) is 8.11. The number of rotatable bonds is 5. The van der Waals surface area contributed by atoms with E-state index in [1.165, 1.54) is 0 Å². The molecule has 0 aromatic rings. The van der Waals surface area contributed by atoms with Gasteiger partial charge in [0.2, 0.25) is 0 Å². The summed E-state index contributed by atoms with van der Waals surface area (Å²) in [7, 11) is 1.56. The maximum absolute atomic E-state index is 12.1. The molecular weight excluding hydrogens is 350 g/mol. The number of carbonyl (C=O) groups excluding carboxylic acids is 1. The van der Waals surface area contributed by atoms with Crippen LogP contribution in [0.3, 0.4) is 0 Å². The van der Waals surface area contributed by atoms with Gasteiger partial charge in [-0.3, -0.25) is 14.7 Å². The van der Waals surface area contributed by atoms with Crippen LogP contribution < -0.4 is 0 Å². The number of hydrogen-bond acceptors (Lipinski definition) is 6. The molecule has 0 radical (unpaired) electrons. The average Bonchev–Trinajstić information content (AvgIpc) is 2.90. The third-order valence-electron chi connectivity index (χ3n) is 6.73. The third-order valence-corrected chi connectivity index (χ3v) is 6.73. The Morgan fingerprint density at radius 2 is 2.33 bits per heavy atom. The van der Waals surface area contributed by atoms with Crippen molar-refractivity contribution in [3.63, 3.8) is 0 Å². The Bertz CT molecular complexity index is 701. The zero-order chi connectivity index (χ0) is 19.2. The number of aliphatic hydroxyl groups is 1. The van der Waals surface area contributed by atoms with Gasteiger partial charge in [-0.15, -0.1) is 0 Å². The van der Waals surface area contributed by atoms with Crippen molar-refractivity contribution in [2.24, 2.45) is 17.3 Å². The predicted molar refractivity (Wildman–Crippen MR) is 95.1 cm³/mol. The summed E-state index contributed by atoms with van der Waals surface area (Å²) >= 11 is 0. The number of carboxylic acids is 1. The molecule has 0 aromatic heterocycles. The van der Waals surface area contributed by atoms with Gasteiger partial charge in [0.1, 0.15) is 12.4 Å². The van der Waals surface area contributed by atoms with Gasteiger partial charge in [-0.1, -0.05) is 6.42 Å². The van der Waals surface area contributed by atoms with Gasteiger partial charge in [0.25, 0.3) is 0 Å². The number of carboxylic acid groups (broad SMARTS) is 1. The summed E-state index contributed by atoms with van der Waals surface area (Å²) in [6, 6.07) is 0. The lowest BCUT2D eigenvalue weighted by Gasteiger charge is -2.44. The van der Waals surface area contributed by atoms with Crippen LogP contribution in [0.2, 0.25) is 0 Å². The molecule has 2 heterocycles. The zero-order valence-corrected chi connectivity index (χ0v) is 15.6. The molecule has 2 unspecified atom stereocenters. The number of aliphatic hydroxyl groups excluding tert-OH is 1. The topological polar surface area (TPSA) is 96.3 Å². The quantitative estimate of drug-likeness (QED) is 0.708. The van der Waals surface area contributed by atoms with Crippen LogP contribution in [0.4, 0.5) is 0 Å². The molecule has 2 N–H and O–H groups in total. The minimum atomic E-state index is -0.994. The molecule has 7 heteroatoms. The molecule has 1 saturated carbocycles. The van der Waals surface area contributed by atoms with Crippen molar-refractivity contribution >= 4 is 12.3 Å². The molecule has 2 aliphatic heterocycles. The molecule has 5 atom stereocenters. The van der Waals surface area contributed by atoms with Crippen LogP contribution in [0.5, 0.6) is 0 Å². The minimum absolute atomic E-state index is 0.0474. The Hall–Kier alpha value is -1.86. The fourth-order valence-corrected chi connectivity index (χ4v) is 5.76. The molecule has 148 valence electrons. The SMILES string of the molecule is CON1C=C(C(CC=O)C(=O)O)C23CCCC[C@@H]2OC2=C3[C@H](C[C@@H](O)C2)C1. The van der Waals surface area contributed by atoms with Gasteiger partial charge in [-0.25, -0.2) is 0 Å². The first-order valence-corrected chi connectivity index (χ1v) is 9.78. The van der Waals surface area contributed by atoms with E-state index in [9.17, 15) is 19.8 Å². The summed E-state index contributed by atoms with van der Waals surface area (Å²) < 4.78 is 6.35. The average molecular weight is 377 g/mol. The van der Waals surface area contributed by atoms with Gasteiger partial charge in [0.05, 0.1) is 36.9 Å². The molecule has 7 nitrogen and oxygen atoms in total.